The molecule has 1 N–H and O–H groups in total. The SMILES string of the molecule is Cc1ccc(S(=O)(=O)N(C)CC(=O)N(Cc2ccc(Cl)cc2Cl)C(C)C(=O)NC(C)(C)C)cc1. The standard InChI is InChI=1S/C24H31Cl2N3O4S/c1-16-7-11-20(12-8-16)34(32,33)28(6)15-22(30)29(17(2)23(31)27-24(3,4)5)14-18-9-10-19(25)13-21(18)26/h7-13,17H,14-15H2,1-6H3,(H,27,31). The Kier molecular flexibility index (Phi) is 9.16. The van der Waals surface area contributed by atoms with Gasteiger partial charge in [-0.1, -0.05) is 47.0 Å². The zero-order chi connectivity index (χ0) is 25.8. The van der Waals surface area contributed by atoms with Gasteiger partial charge in [-0.15, -0.1) is 0 Å². The van der Waals surface area contributed by atoms with Gasteiger partial charge in [0.15, 0.2) is 0 Å². The highest BCUT2D eigenvalue weighted by Crippen LogP contribution is 2.24. The summed E-state index contributed by atoms with van der Waals surface area (Å²) < 4.78 is 26.9. The molecule has 0 aliphatic heterocycles. The van der Waals surface area contributed by atoms with Crippen LogP contribution < -0.4 is 5.32 Å². The van der Waals surface area contributed by atoms with Gasteiger partial charge in [0, 0.05) is 29.2 Å². The van der Waals surface area contributed by atoms with Gasteiger partial charge in [0.2, 0.25) is 21.8 Å². The van der Waals surface area contributed by atoms with E-state index in [0.29, 0.717) is 15.6 Å². The van der Waals surface area contributed by atoms with Crippen LogP contribution >= 0.6 is 23.2 Å². The predicted molar refractivity (Wildman–Crippen MR) is 135 cm³/mol. The summed E-state index contributed by atoms with van der Waals surface area (Å²) in [5.74, 6) is -0.907. The van der Waals surface area contributed by atoms with E-state index in [-0.39, 0.29) is 17.3 Å². The smallest absolute Gasteiger partial charge is 0.243 e. The van der Waals surface area contributed by atoms with Crippen molar-refractivity contribution in [2.24, 2.45) is 0 Å². The number of nitrogens with zero attached hydrogens (tertiary/aromatic N) is 2. The molecule has 1 atom stereocenters. The quantitative estimate of drug-likeness (QED) is 0.555. The summed E-state index contributed by atoms with van der Waals surface area (Å²) in [5, 5.41) is 3.64. The Morgan fingerprint density at radius 3 is 2.18 bits per heavy atom. The van der Waals surface area contributed by atoms with Gasteiger partial charge in [0.05, 0.1) is 11.4 Å². The van der Waals surface area contributed by atoms with E-state index in [9.17, 15) is 18.0 Å². The largest absolute Gasteiger partial charge is 0.350 e. The van der Waals surface area contributed by atoms with Crippen molar-refractivity contribution in [2.75, 3.05) is 13.6 Å². The fraction of sp³-hybridized carbons (Fsp3) is 0.417. The van der Waals surface area contributed by atoms with Crippen LogP contribution in [0.2, 0.25) is 10.0 Å². The average Bonchev–Trinajstić information content (AvgIpc) is 2.71. The van der Waals surface area contributed by atoms with E-state index in [2.05, 4.69) is 5.32 Å². The number of rotatable bonds is 8. The number of aryl methyl sites for hydroxylation is 1. The molecule has 2 amide bonds. The number of hydrogen-bond acceptors (Lipinski definition) is 4. The van der Waals surface area contributed by atoms with Crippen LogP contribution in [0.25, 0.3) is 0 Å². The Labute approximate surface area is 212 Å². The summed E-state index contributed by atoms with van der Waals surface area (Å²) in [6, 6.07) is 10.4. The van der Waals surface area contributed by atoms with Crippen molar-refractivity contribution in [2.45, 2.75) is 57.6 Å². The molecule has 2 rings (SSSR count). The molecule has 0 spiro atoms. The molecule has 2 aromatic carbocycles. The summed E-state index contributed by atoms with van der Waals surface area (Å²) in [6.45, 7) is 8.51. The Balaban J connectivity index is 2.33. The highest BCUT2D eigenvalue weighted by molar-refractivity contribution is 7.89. The number of halogens is 2. The van der Waals surface area contributed by atoms with Gasteiger partial charge in [0.1, 0.15) is 6.04 Å². The molecule has 0 aliphatic carbocycles. The number of likely N-dealkylation sites (N-methyl/N-ethyl adjacent to an activating group) is 1. The summed E-state index contributed by atoms with van der Waals surface area (Å²) in [7, 11) is -2.57. The molecule has 0 bridgehead atoms. The zero-order valence-electron chi connectivity index (χ0n) is 20.2. The Morgan fingerprint density at radius 1 is 1.06 bits per heavy atom. The van der Waals surface area contributed by atoms with Crippen molar-refractivity contribution in [1.82, 2.24) is 14.5 Å². The second kappa shape index (κ2) is 11.1. The van der Waals surface area contributed by atoms with Crippen molar-refractivity contribution >= 4 is 45.0 Å². The first-order chi connectivity index (χ1) is 15.6. The maximum absolute atomic E-state index is 13.4. The van der Waals surface area contributed by atoms with E-state index in [1.54, 1.807) is 37.3 Å². The number of hydrogen-bond donors (Lipinski definition) is 1. The molecule has 0 saturated heterocycles. The fourth-order valence-corrected chi connectivity index (χ4v) is 4.74. The lowest BCUT2D eigenvalue weighted by molar-refractivity contribution is -0.141. The van der Waals surface area contributed by atoms with Crippen molar-refractivity contribution < 1.29 is 18.0 Å². The highest BCUT2D eigenvalue weighted by Gasteiger charge is 2.31. The van der Waals surface area contributed by atoms with Gasteiger partial charge in [-0.2, -0.15) is 4.31 Å². The van der Waals surface area contributed by atoms with E-state index in [0.717, 1.165) is 9.87 Å². The van der Waals surface area contributed by atoms with E-state index < -0.39 is 34.1 Å². The van der Waals surface area contributed by atoms with Gasteiger partial charge < -0.3 is 10.2 Å². The molecule has 10 heteroatoms. The second-order valence-corrected chi connectivity index (χ2v) is 12.1. The van der Waals surface area contributed by atoms with Crippen LogP contribution in [0.5, 0.6) is 0 Å². The molecule has 0 radical (unpaired) electrons. The van der Waals surface area contributed by atoms with E-state index in [1.807, 2.05) is 27.7 Å². The Hall–Kier alpha value is -2.13. The zero-order valence-corrected chi connectivity index (χ0v) is 22.6. The molecule has 0 saturated carbocycles. The highest BCUT2D eigenvalue weighted by atomic mass is 35.5. The third-order valence-corrected chi connectivity index (χ3v) is 7.51. The minimum absolute atomic E-state index is 0.00594. The monoisotopic (exact) mass is 527 g/mol. The van der Waals surface area contributed by atoms with Gasteiger partial charge in [-0.25, -0.2) is 8.42 Å². The molecule has 2 aromatic rings. The topological polar surface area (TPSA) is 86.8 Å². The van der Waals surface area contributed by atoms with Crippen LogP contribution in [0.3, 0.4) is 0 Å². The number of carbonyl (C=O) groups excluding carboxylic acids is 2. The normalized spacial score (nSPS) is 13.0. The molecule has 34 heavy (non-hydrogen) atoms. The lowest BCUT2D eigenvalue weighted by atomic mass is 10.1. The van der Waals surface area contributed by atoms with Crippen LogP contribution in [0.15, 0.2) is 47.4 Å². The molecule has 0 aliphatic rings. The van der Waals surface area contributed by atoms with E-state index >= 15 is 0 Å². The molecular weight excluding hydrogens is 497 g/mol. The van der Waals surface area contributed by atoms with Crippen LogP contribution in [0, 0.1) is 6.92 Å². The van der Waals surface area contributed by atoms with Crippen molar-refractivity contribution in [1.29, 1.82) is 0 Å². The number of carbonyl (C=O) groups is 2. The van der Waals surface area contributed by atoms with Crippen molar-refractivity contribution in [3.8, 4) is 0 Å². The van der Waals surface area contributed by atoms with Crippen molar-refractivity contribution in [3.05, 3.63) is 63.6 Å². The molecular formula is C24H31Cl2N3O4S. The number of sulfonamides is 1. The van der Waals surface area contributed by atoms with Crippen LogP contribution in [-0.2, 0) is 26.2 Å². The Bertz CT molecular complexity index is 1150. The number of amides is 2. The van der Waals surface area contributed by atoms with Crippen LogP contribution in [0.4, 0.5) is 0 Å². The minimum atomic E-state index is -3.90. The van der Waals surface area contributed by atoms with E-state index in [1.165, 1.54) is 24.1 Å². The first-order valence-electron chi connectivity index (χ1n) is 10.7. The lowest BCUT2D eigenvalue weighted by Gasteiger charge is -2.32. The average molecular weight is 529 g/mol. The summed E-state index contributed by atoms with van der Waals surface area (Å²) in [5.41, 5.74) is 0.991. The van der Waals surface area contributed by atoms with Crippen molar-refractivity contribution in [3.63, 3.8) is 0 Å². The molecule has 7 nitrogen and oxygen atoms in total. The minimum Gasteiger partial charge on any atom is -0.350 e. The predicted octanol–water partition coefficient (Wildman–Crippen LogP) is 4.25. The maximum Gasteiger partial charge on any atom is 0.243 e. The molecule has 0 aromatic heterocycles. The summed E-state index contributed by atoms with van der Waals surface area (Å²) >= 11 is 12.3. The van der Waals surface area contributed by atoms with Gasteiger partial charge in [-0.05, 0) is 64.4 Å². The fourth-order valence-electron chi connectivity index (χ4n) is 3.15. The third-order valence-electron chi connectivity index (χ3n) is 5.11. The number of nitrogens with one attached hydrogen (secondary N) is 1. The van der Waals surface area contributed by atoms with Gasteiger partial charge in [0.25, 0.3) is 0 Å². The number of benzene rings is 2. The third kappa shape index (κ3) is 7.43. The van der Waals surface area contributed by atoms with Gasteiger partial charge in [-0.3, -0.25) is 9.59 Å². The first-order valence-corrected chi connectivity index (χ1v) is 12.9. The Morgan fingerprint density at radius 2 is 1.65 bits per heavy atom. The second-order valence-electron chi connectivity index (χ2n) is 9.25. The van der Waals surface area contributed by atoms with Gasteiger partial charge >= 0.3 is 0 Å². The molecule has 1 unspecified atom stereocenters. The van der Waals surface area contributed by atoms with Crippen LogP contribution in [-0.4, -0.2) is 54.6 Å². The lowest BCUT2D eigenvalue weighted by Crippen LogP contribution is -2.54. The summed E-state index contributed by atoms with van der Waals surface area (Å²) in [4.78, 5) is 27.6. The molecule has 0 fully saturated rings. The van der Waals surface area contributed by atoms with Crippen LogP contribution in [0.1, 0.15) is 38.8 Å². The molecule has 0 heterocycles. The summed E-state index contributed by atoms with van der Waals surface area (Å²) in [6.07, 6.45) is 0. The van der Waals surface area contributed by atoms with E-state index in [4.69, 9.17) is 23.2 Å². The first kappa shape index (κ1) is 28.1. The maximum atomic E-state index is 13.4. The molecule has 186 valence electrons.